The minimum Gasteiger partial charge on any atom is -0.367 e. The number of hydrogen-bond donors (Lipinski definition) is 0. The van der Waals surface area contributed by atoms with Crippen LogP contribution in [-0.2, 0) is 10.8 Å². The average molecular weight is 993 g/mol. The third-order valence-corrected chi connectivity index (χ3v) is 19.5. The van der Waals surface area contributed by atoms with Crippen LogP contribution in [0.1, 0.15) is 62.0 Å². The molecule has 354 valence electrons. The van der Waals surface area contributed by atoms with E-state index in [-0.39, 0.29) is 0 Å². The number of rotatable bonds is 5. The predicted octanol–water partition coefficient (Wildman–Crippen LogP) is 18.1. The van der Waals surface area contributed by atoms with E-state index in [2.05, 4.69) is 255 Å². The van der Waals surface area contributed by atoms with Gasteiger partial charge in [-0.1, -0.05) is 194 Å². The Labute approximate surface area is 446 Å². The summed E-state index contributed by atoms with van der Waals surface area (Å²) in [6, 6.07) is 84.1. The lowest BCUT2D eigenvalue weighted by molar-refractivity contribution is 0.460. The van der Waals surface area contributed by atoms with E-state index in [1.807, 2.05) is 18.0 Å². The number of thiazole rings is 1. The Kier molecular flexibility index (Phi) is 9.13. The first-order valence-corrected chi connectivity index (χ1v) is 27.8. The van der Waals surface area contributed by atoms with Gasteiger partial charge in [0.05, 0.1) is 26.1 Å². The second kappa shape index (κ2) is 15.9. The number of fused-ring (bicyclic) bond motifs is 20. The van der Waals surface area contributed by atoms with E-state index in [1.54, 1.807) is 11.3 Å². The Balaban J connectivity index is 0.886. The quantitative estimate of drug-likeness (QED) is 0.171. The first-order chi connectivity index (χ1) is 36.9. The minimum absolute atomic E-state index is 0.418. The molecule has 1 unspecified atom stereocenters. The van der Waals surface area contributed by atoms with Crippen molar-refractivity contribution in [2.24, 2.45) is 0 Å². The van der Waals surface area contributed by atoms with Gasteiger partial charge in [-0.25, -0.2) is 4.98 Å². The van der Waals surface area contributed by atoms with Crippen LogP contribution in [0.2, 0.25) is 0 Å². The molecule has 1 atom stereocenters. The maximum atomic E-state index is 4.59. The summed E-state index contributed by atoms with van der Waals surface area (Å²) < 4.78 is 0. The smallest absolute Gasteiger partial charge is 0.0900 e. The van der Waals surface area contributed by atoms with Gasteiger partial charge in [-0.15, -0.1) is 11.3 Å². The summed E-state index contributed by atoms with van der Waals surface area (Å²) in [6.45, 7) is 4.35. The first kappa shape index (κ1) is 43.2. The topological polar surface area (TPSA) is 16.1 Å². The molecule has 75 heavy (non-hydrogen) atoms. The van der Waals surface area contributed by atoms with Crippen molar-refractivity contribution >= 4 is 28.0 Å². The molecule has 1 aromatic heterocycles. The summed E-state index contributed by atoms with van der Waals surface area (Å²) in [5, 5.41) is 1.50. The zero-order valence-electron chi connectivity index (χ0n) is 41.7. The molecule has 4 heteroatoms. The van der Waals surface area contributed by atoms with Crippen molar-refractivity contribution in [3.05, 3.63) is 286 Å². The molecule has 11 aromatic rings. The van der Waals surface area contributed by atoms with Crippen LogP contribution in [0.25, 0.3) is 93.2 Å². The summed E-state index contributed by atoms with van der Waals surface area (Å²) >= 11 is 3.68. The largest absolute Gasteiger partial charge is 0.367 e. The Hall–Kier alpha value is -8.28. The predicted molar refractivity (Wildman–Crippen MR) is 314 cm³/mol. The zero-order valence-corrected chi connectivity index (χ0v) is 43.4. The highest BCUT2D eigenvalue weighted by Gasteiger charge is 2.53. The fourth-order valence-corrected chi connectivity index (χ4v) is 15.8. The van der Waals surface area contributed by atoms with E-state index >= 15 is 0 Å². The molecule has 10 aromatic carbocycles. The molecule has 0 bridgehead atoms. The molecule has 0 fully saturated rings. The van der Waals surface area contributed by atoms with Crippen LogP contribution in [0.5, 0.6) is 0 Å². The van der Waals surface area contributed by atoms with E-state index in [0.717, 1.165) is 5.01 Å². The first-order valence-electron chi connectivity index (χ1n) is 26.1. The van der Waals surface area contributed by atoms with Crippen molar-refractivity contribution in [3.8, 4) is 88.3 Å². The molecule has 0 amide bonds. The number of nitrogens with zero attached hydrogens (tertiary/aromatic N) is 2. The van der Waals surface area contributed by atoms with Crippen LogP contribution in [0.4, 0.5) is 0 Å². The third kappa shape index (κ3) is 5.90. The maximum Gasteiger partial charge on any atom is 0.0900 e. The molecule has 0 radical (unpaired) electrons. The van der Waals surface area contributed by atoms with Gasteiger partial charge in [-0.2, -0.15) is 0 Å². The normalized spacial score (nSPS) is 16.0. The van der Waals surface area contributed by atoms with Crippen molar-refractivity contribution in [1.29, 1.82) is 0 Å². The van der Waals surface area contributed by atoms with Crippen LogP contribution in [0, 0.1) is 6.92 Å². The summed E-state index contributed by atoms with van der Waals surface area (Å²) in [6.07, 6.45) is 4.30. The lowest BCUT2D eigenvalue weighted by Gasteiger charge is -2.31. The lowest BCUT2D eigenvalue weighted by Crippen LogP contribution is -2.26. The monoisotopic (exact) mass is 992 g/mol. The zero-order chi connectivity index (χ0) is 49.7. The highest BCUT2D eigenvalue weighted by atomic mass is 32.2. The molecular formula is C71H48N2S2. The van der Waals surface area contributed by atoms with Crippen molar-refractivity contribution in [1.82, 2.24) is 9.88 Å². The van der Waals surface area contributed by atoms with Gasteiger partial charge in [0.15, 0.2) is 0 Å². The van der Waals surface area contributed by atoms with Crippen LogP contribution in [0.15, 0.2) is 231 Å². The minimum atomic E-state index is -0.511. The Bertz CT molecular complexity index is 4210. The number of aromatic nitrogens is 1. The molecule has 0 saturated carbocycles. The van der Waals surface area contributed by atoms with Gasteiger partial charge in [0, 0.05) is 24.3 Å². The van der Waals surface area contributed by atoms with Crippen LogP contribution >= 0.6 is 23.1 Å². The van der Waals surface area contributed by atoms with Crippen LogP contribution < -0.4 is 0 Å². The second-order valence-corrected chi connectivity index (χ2v) is 23.6. The lowest BCUT2D eigenvalue weighted by atomic mass is 9.69. The molecule has 0 N–H and O–H groups in total. The standard InChI is InChI=1S/C71H48N2S2/c1-42-72-40-68(74-42)50-16-12-14-44(34-50)46-26-30-56-58-32-28-48(38-66(58)70(64(56)36-46)60-22-8-4-18-52(60)53-19-5-9-23-61(53)70)49-29-33-59-57-31-27-47(45-15-13-17-51(35-45)69-41-73(3)43(2)75-69)37-65(57)71(67(59)39-49)62-24-10-6-20-54(62)55-21-7-11-25-63(55)71/h4-41,43H,1-3H3. The Morgan fingerprint density at radius 2 is 0.720 bits per heavy atom. The van der Waals surface area contributed by atoms with E-state index in [1.165, 1.54) is 143 Å². The summed E-state index contributed by atoms with van der Waals surface area (Å²) in [5.74, 6) is 0. The number of hydrogen-bond acceptors (Lipinski definition) is 4. The number of thioether (sulfide) groups is 1. The molecule has 0 saturated heterocycles. The highest BCUT2D eigenvalue weighted by molar-refractivity contribution is 8.09. The third-order valence-electron chi connectivity index (χ3n) is 17.3. The molecular weight excluding hydrogens is 945 g/mol. The van der Waals surface area contributed by atoms with E-state index in [0.29, 0.717) is 5.37 Å². The maximum absolute atomic E-state index is 4.59. The van der Waals surface area contributed by atoms with Gasteiger partial charge in [0.1, 0.15) is 0 Å². The Morgan fingerprint density at radius 1 is 0.373 bits per heavy atom. The van der Waals surface area contributed by atoms with Gasteiger partial charge in [-0.3, -0.25) is 0 Å². The SMILES string of the molecule is Cc1ncc(-c2cccc(-c3ccc4c(c3)C3(c5ccccc5-c5ccccc53)c3cc(-c5ccc6c(c5)C5(c7ccccc7-c7ccccc75)c5cc(-c7cccc(C8=CN(C)C(C)S8)c7)ccc5-6)ccc3-4)c2)s1. The molecule has 2 nitrogen and oxygen atoms in total. The molecule has 2 heterocycles. The fraction of sp³-hybridized carbons (Fsp3) is 0.0845. The molecule has 4 aliphatic carbocycles. The van der Waals surface area contributed by atoms with Gasteiger partial charge < -0.3 is 4.90 Å². The summed E-state index contributed by atoms with van der Waals surface area (Å²) in [5.41, 5.74) is 30.0. The number of aryl methyl sites for hydroxylation is 1. The van der Waals surface area contributed by atoms with E-state index < -0.39 is 10.8 Å². The highest BCUT2D eigenvalue weighted by Crippen LogP contribution is 2.66. The van der Waals surface area contributed by atoms with Crippen molar-refractivity contribution in [2.75, 3.05) is 7.05 Å². The van der Waals surface area contributed by atoms with E-state index in [4.69, 9.17) is 0 Å². The second-order valence-electron chi connectivity index (χ2n) is 21.0. The van der Waals surface area contributed by atoms with E-state index in [9.17, 15) is 0 Å². The van der Waals surface area contributed by atoms with Crippen LogP contribution in [-0.4, -0.2) is 22.3 Å². The molecule has 1 aliphatic heterocycles. The van der Waals surface area contributed by atoms with Crippen LogP contribution in [0.3, 0.4) is 0 Å². The molecule has 16 rings (SSSR count). The summed E-state index contributed by atoms with van der Waals surface area (Å²) in [4.78, 5) is 9.41. The van der Waals surface area contributed by atoms with Gasteiger partial charge in [0.2, 0.25) is 0 Å². The van der Waals surface area contributed by atoms with Gasteiger partial charge in [0.25, 0.3) is 0 Å². The fourth-order valence-electron chi connectivity index (χ4n) is 13.9. The van der Waals surface area contributed by atoms with Gasteiger partial charge in [-0.05, 0) is 184 Å². The molecule has 5 aliphatic rings. The number of benzene rings is 10. The van der Waals surface area contributed by atoms with Crippen molar-refractivity contribution in [2.45, 2.75) is 30.1 Å². The summed E-state index contributed by atoms with van der Waals surface area (Å²) in [7, 11) is 2.17. The van der Waals surface area contributed by atoms with Crippen molar-refractivity contribution in [3.63, 3.8) is 0 Å². The Morgan fingerprint density at radius 3 is 1.09 bits per heavy atom. The van der Waals surface area contributed by atoms with Gasteiger partial charge >= 0.3 is 0 Å². The average Bonchev–Trinajstić information content (AvgIpc) is 4.31. The van der Waals surface area contributed by atoms with Crippen molar-refractivity contribution < 1.29 is 0 Å². The molecule has 2 spiro atoms.